The highest BCUT2D eigenvalue weighted by Gasteiger charge is 2.17. The van der Waals surface area contributed by atoms with Gasteiger partial charge in [-0.25, -0.2) is 15.0 Å². The number of aromatic nitrogens is 3. The monoisotopic (exact) mass is 708 g/mol. The van der Waals surface area contributed by atoms with E-state index in [1.54, 1.807) is 12.1 Å². The molecule has 7 heteroatoms. The van der Waals surface area contributed by atoms with Crippen LogP contribution >= 0.6 is 0 Å². The van der Waals surface area contributed by atoms with Crippen molar-refractivity contribution in [2.75, 3.05) is 0 Å². The van der Waals surface area contributed by atoms with Gasteiger partial charge in [0.15, 0.2) is 17.5 Å². The molecular weight excluding hydrogens is 677 g/mol. The summed E-state index contributed by atoms with van der Waals surface area (Å²) in [5.74, 6) is 1.58. The molecule has 0 saturated heterocycles. The molecule has 0 saturated carbocycles. The molecule has 0 aliphatic carbocycles. The third-order valence-electron chi connectivity index (χ3n) is 9.22. The lowest BCUT2D eigenvalue weighted by molar-refractivity contribution is 0.538. The van der Waals surface area contributed by atoms with Crippen molar-refractivity contribution in [1.82, 2.24) is 15.0 Å². The molecule has 0 aliphatic rings. The first-order chi connectivity index (χ1) is 27.0. The van der Waals surface area contributed by atoms with Crippen molar-refractivity contribution >= 4 is 11.8 Å². The second kappa shape index (κ2) is 15.4. The van der Waals surface area contributed by atoms with Crippen LogP contribution in [0.3, 0.4) is 0 Å². The molecule has 0 unspecified atom stereocenters. The molecule has 1 heterocycles. The van der Waals surface area contributed by atoms with Crippen LogP contribution in [0.5, 0.6) is 0 Å². The van der Waals surface area contributed by atoms with Crippen molar-refractivity contribution in [3.63, 3.8) is 0 Å². The van der Waals surface area contributed by atoms with Gasteiger partial charge in [0.2, 0.25) is 11.8 Å². The van der Waals surface area contributed by atoms with Gasteiger partial charge in [0.1, 0.15) is 0 Å². The number of ether oxygens (including phenoxy) is 1. The Morgan fingerprint density at radius 1 is 0.400 bits per heavy atom. The summed E-state index contributed by atoms with van der Waals surface area (Å²) >= 11 is 0. The molecule has 0 bridgehead atoms. The lowest BCUT2D eigenvalue weighted by atomic mass is 9.87. The molecule has 8 aromatic rings. The minimum Gasteiger partial charge on any atom is -0.421 e. The molecule has 2 N–H and O–H groups in total. The first kappa shape index (κ1) is 34.3. The Balaban J connectivity index is 1.18. The van der Waals surface area contributed by atoms with Gasteiger partial charge in [0, 0.05) is 27.8 Å². The van der Waals surface area contributed by atoms with Crippen molar-refractivity contribution in [1.29, 1.82) is 16.1 Å². The van der Waals surface area contributed by atoms with Crippen molar-refractivity contribution in [3.05, 3.63) is 199 Å². The summed E-state index contributed by atoms with van der Waals surface area (Å²) in [5.41, 5.74) is 10.3. The molecule has 0 atom stereocenters. The molecule has 0 fully saturated rings. The van der Waals surface area contributed by atoms with Gasteiger partial charge in [-0.1, -0.05) is 146 Å². The summed E-state index contributed by atoms with van der Waals surface area (Å²) in [6.07, 6.45) is 0. The largest absolute Gasteiger partial charge is 0.421 e. The van der Waals surface area contributed by atoms with E-state index in [-0.39, 0.29) is 11.8 Å². The zero-order valence-electron chi connectivity index (χ0n) is 29.5. The highest BCUT2D eigenvalue weighted by molar-refractivity contribution is 6.05. The van der Waals surface area contributed by atoms with Crippen molar-refractivity contribution < 1.29 is 4.74 Å². The molecule has 0 amide bonds. The molecule has 0 radical (unpaired) electrons. The van der Waals surface area contributed by atoms with Crippen LogP contribution in [0.4, 0.5) is 0 Å². The summed E-state index contributed by atoms with van der Waals surface area (Å²) in [6.45, 7) is 0. The van der Waals surface area contributed by atoms with E-state index in [2.05, 4.69) is 30.3 Å². The zero-order chi connectivity index (χ0) is 37.6. The highest BCUT2D eigenvalue weighted by Crippen LogP contribution is 2.41. The van der Waals surface area contributed by atoms with E-state index in [1.807, 2.05) is 146 Å². The second-order valence-electron chi connectivity index (χ2n) is 12.7. The quantitative estimate of drug-likeness (QED) is 0.120. The molecule has 260 valence electrons. The van der Waals surface area contributed by atoms with Gasteiger partial charge in [-0.15, -0.1) is 0 Å². The maximum atomic E-state index is 9.48. The van der Waals surface area contributed by atoms with Gasteiger partial charge in [0.05, 0.1) is 11.6 Å². The minimum absolute atomic E-state index is 0.0831. The average Bonchev–Trinajstić information content (AvgIpc) is 3.27. The van der Waals surface area contributed by atoms with E-state index < -0.39 is 0 Å². The van der Waals surface area contributed by atoms with Crippen LogP contribution in [0, 0.1) is 22.1 Å². The first-order valence-electron chi connectivity index (χ1n) is 17.7. The van der Waals surface area contributed by atoms with E-state index in [4.69, 9.17) is 30.5 Å². The molecule has 0 aliphatic heterocycles. The Labute approximate surface area is 318 Å². The molecule has 8 rings (SSSR count). The lowest BCUT2D eigenvalue weighted by Gasteiger charge is -2.17. The third kappa shape index (κ3) is 7.43. The van der Waals surface area contributed by atoms with E-state index in [0.29, 0.717) is 34.2 Å². The predicted molar refractivity (Wildman–Crippen MR) is 218 cm³/mol. The van der Waals surface area contributed by atoms with Crippen LogP contribution in [0.2, 0.25) is 0 Å². The Hall–Kier alpha value is -7.82. The summed E-state index contributed by atoms with van der Waals surface area (Å²) in [5, 5.41) is 26.4. The van der Waals surface area contributed by atoms with Crippen LogP contribution in [0.25, 0.3) is 67.5 Å². The SMILES string of the molecule is N#Cc1ccc(-c2cccc(-c3ccc(C(=N)OC(=N)c4ccccc4)cc3)c2-c2ccc(-c3nc(-c4ccccc4)nc(-c4ccccc4)n3)cc2)cc1. The fourth-order valence-corrected chi connectivity index (χ4v) is 6.40. The van der Waals surface area contributed by atoms with Crippen molar-refractivity contribution in [3.8, 4) is 73.6 Å². The molecule has 55 heavy (non-hydrogen) atoms. The normalized spacial score (nSPS) is 10.7. The van der Waals surface area contributed by atoms with Gasteiger partial charge >= 0.3 is 0 Å². The standard InChI is InChI=1S/C48H32N6O/c49-31-32-19-21-33(22-20-32)41-17-10-18-42(34-23-27-37(28-24-34)45(51)55-44(50)36-11-4-1-5-12-36)43(41)35-25-29-40(30-26-35)48-53-46(38-13-6-2-7-14-38)52-47(54-48)39-15-8-3-9-16-39/h1-30,50-51H. The smallest absolute Gasteiger partial charge is 0.221 e. The lowest BCUT2D eigenvalue weighted by Crippen LogP contribution is -2.12. The Morgan fingerprint density at radius 2 is 0.782 bits per heavy atom. The zero-order valence-corrected chi connectivity index (χ0v) is 29.5. The number of nitriles is 1. The van der Waals surface area contributed by atoms with E-state index in [0.717, 1.165) is 50.1 Å². The van der Waals surface area contributed by atoms with Crippen molar-refractivity contribution in [2.45, 2.75) is 0 Å². The van der Waals surface area contributed by atoms with Crippen LogP contribution in [0.1, 0.15) is 16.7 Å². The minimum atomic E-state index is -0.105. The Bertz CT molecular complexity index is 2610. The van der Waals surface area contributed by atoms with Crippen LogP contribution in [0.15, 0.2) is 182 Å². The van der Waals surface area contributed by atoms with Gasteiger partial charge in [0.25, 0.3) is 0 Å². The first-order valence-corrected chi connectivity index (χ1v) is 17.7. The summed E-state index contributed by atoms with van der Waals surface area (Å²) in [6, 6.07) is 60.8. The number of rotatable bonds is 8. The number of hydrogen-bond donors (Lipinski definition) is 2. The van der Waals surface area contributed by atoms with Gasteiger partial charge in [-0.2, -0.15) is 5.26 Å². The number of nitrogens with one attached hydrogen (secondary N) is 2. The number of nitrogens with zero attached hydrogens (tertiary/aromatic N) is 4. The molecule has 7 nitrogen and oxygen atoms in total. The van der Waals surface area contributed by atoms with Crippen LogP contribution in [-0.4, -0.2) is 26.7 Å². The highest BCUT2D eigenvalue weighted by atomic mass is 16.5. The molecular formula is C48H32N6O. The number of benzene rings is 7. The maximum absolute atomic E-state index is 9.48. The Morgan fingerprint density at radius 3 is 1.25 bits per heavy atom. The molecule has 7 aromatic carbocycles. The van der Waals surface area contributed by atoms with E-state index in [9.17, 15) is 5.26 Å². The van der Waals surface area contributed by atoms with Crippen LogP contribution in [-0.2, 0) is 4.74 Å². The van der Waals surface area contributed by atoms with Gasteiger partial charge in [-0.05, 0) is 69.8 Å². The Kier molecular flexibility index (Phi) is 9.61. The maximum Gasteiger partial charge on any atom is 0.221 e. The predicted octanol–water partition coefficient (Wildman–Crippen LogP) is 11.1. The molecule has 1 aromatic heterocycles. The fourth-order valence-electron chi connectivity index (χ4n) is 6.40. The van der Waals surface area contributed by atoms with E-state index >= 15 is 0 Å². The van der Waals surface area contributed by atoms with E-state index in [1.165, 1.54) is 0 Å². The third-order valence-corrected chi connectivity index (χ3v) is 9.22. The molecule has 0 spiro atoms. The van der Waals surface area contributed by atoms with Gasteiger partial charge in [-0.3, -0.25) is 10.8 Å². The topological polar surface area (TPSA) is 119 Å². The summed E-state index contributed by atoms with van der Waals surface area (Å²) in [7, 11) is 0. The number of hydrogen-bond acceptors (Lipinski definition) is 7. The second-order valence-corrected chi connectivity index (χ2v) is 12.7. The summed E-state index contributed by atoms with van der Waals surface area (Å²) < 4.78 is 5.60. The van der Waals surface area contributed by atoms with Crippen molar-refractivity contribution in [2.24, 2.45) is 0 Å². The van der Waals surface area contributed by atoms with Crippen LogP contribution < -0.4 is 0 Å². The summed E-state index contributed by atoms with van der Waals surface area (Å²) in [4.78, 5) is 14.7. The fraction of sp³-hybridized carbons (Fsp3) is 0. The van der Waals surface area contributed by atoms with Gasteiger partial charge < -0.3 is 4.74 Å². The average molecular weight is 709 g/mol.